The number of halogens is 3. The average Bonchev–Trinajstić information content (AvgIpc) is 2.80. The number of aromatic nitrogens is 2. The summed E-state index contributed by atoms with van der Waals surface area (Å²) in [6.45, 7) is 0. The molecule has 0 fully saturated rings. The number of imidazole rings is 1. The Morgan fingerprint density at radius 1 is 1.16 bits per heavy atom. The van der Waals surface area contributed by atoms with Crippen molar-refractivity contribution >= 4 is 34.2 Å². The first-order chi connectivity index (χ1) is 9.20. The van der Waals surface area contributed by atoms with Crippen LogP contribution in [0.3, 0.4) is 0 Å². The lowest BCUT2D eigenvalue weighted by atomic mass is 10.2. The molecular formula is C14H9Cl2FN2. The van der Waals surface area contributed by atoms with Crippen molar-refractivity contribution in [2.24, 2.45) is 0 Å². The van der Waals surface area contributed by atoms with Gasteiger partial charge in [-0.2, -0.15) is 0 Å². The van der Waals surface area contributed by atoms with Crippen molar-refractivity contribution < 1.29 is 4.39 Å². The molecule has 0 saturated heterocycles. The van der Waals surface area contributed by atoms with E-state index < -0.39 is 5.82 Å². The normalized spacial score (nSPS) is 11.1. The second-order valence-electron chi connectivity index (χ2n) is 4.08. The second kappa shape index (κ2) is 4.83. The summed E-state index contributed by atoms with van der Waals surface area (Å²) in [6.07, 6.45) is 0. The lowest BCUT2D eigenvalue weighted by Crippen LogP contribution is -1.99. The summed E-state index contributed by atoms with van der Waals surface area (Å²) in [6, 6.07) is 12.2. The topological polar surface area (TPSA) is 17.8 Å². The van der Waals surface area contributed by atoms with E-state index in [9.17, 15) is 4.39 Å². The Labute approximate surface area is 119 Å². The van der Waals surface area contributed by atoms with Crippen molar-refractivity contribution in [3.05, 3.63) is 59.1 Å². The Morgan fingerprint density at radius 2 is 1.95 bits per heavy atom. The first-order valence-corrected chi connectivity index (χ1v) is 6.59. The van der Waals surface area contributed by atoms with Crippen molar-refractivity contribution in [2.45, 2.75) is 5.88 Å². The van der Waals surface area contributed by atoms with Crippen LogP contribution >= 0.6 is 23.2 Å². The van der Waals surface area contributed by atoms with E-state index in [1.807, 2.05) is 28.8 Å². The number of alkyl halides is 1. The Kier molecular flexibility index (Phi) is 3.17. The van der Waals surface area contributed by atoms with Crippen LogP contribution in [0.2, 0.25) is 5.02 Å². The Bertz CT molecular complexity index is 752. The van der Waals surface area contributed by atoms with Crippen molar-refractivity contribution in [2.75, 3.05) is 0 Å². The van der Waals surface area contributed by atoms with Gasteiger partial charge in [-0.1, -0.05) is 23.7 Å². The highest BCUT2D eigenvalue weighted by molar-refractivity contribution is 6.30. The molecule has 0 spiro atoms. The minimum absolute atomic E-state index is 0.0794. The first kappa shape index (κ1) is 12.5. The van der Waals surface area contributed by atoms with Crippen LogP contribution in [0.15, 0.2) is 42.5 Å². The van der Waals surface area contributed by atoms with Crippen LogP contribution in [0, 0.1) is 5.82 Å². The maximum absolute atomic E-state index is 13.3. The molecule has 0 aliphatic heterocycles. The van der Waals surface area contributed by atoms with Gasteiger partial charge in [0.2, 0.25) is 0 Å². The minimum atomic E-state index is -0.442. The van der Waals surface area contributed by atoms with Gasteiger partial charge in [0.25, 0.3) is 0 Å². The van der Waals surface area contributed by atoms with Gasteiger partial charge in [-0.15, -0.1) is 11.6 Å². The third-order valence-corrected chi connectivity index (χ3v) is 3.44. The molecule has 0 aliphatic rings. The van der Waals surface area contributed by atoms with Gasteiger partial charge in [0.15, 0.2) is 0 Å². The molecular weight excluding hydrogens is 286 g/mol. The van der Waals surface area contributed by atoms with Crippen LogP contribution in [0.4, 0.5) is 4.39 Å². The summed E-state index contributed by atoms with van der Waals surface area (Å²) in [5.41, 5.74) is 2.51. The predicted molar refractivity (Wildman–Crippen MR) is 75.6 cm³/mol. The average molecular weight is 295 g/mol. The lowest BCUT2D eigenvalue weighted by Gasteiger charge is -2.08. The zero-order valence-electron chi connectivity index (χ0n) is 9.78. The molecule has 0 unspecified atom stereocenters. The summed E-state index contributed by atoms with van der Waals surface area (Å²) in [7, 11) is 0. The van der Waals surface area contributed by atoms with E-state index in [-0.39, 0.29) is 10.9 Å². The zero-order valence-corrected chi connectivity index (χ0v) is 11.3. The van der Waals surface area contributed by atoms with Crippen molar-refractivity contribution in [3.63, 3.8) is 0 Å². The fourth-order valence-electron chi connectivity index (χ4n) is 2.08. The predicted octanol–water partition coefficient (Wildman–Crippen LogP) is 4.56. The zero-order chi connectivity index (χ0) is 13.4. The summed E-state index contributed by atoms with van der Waals surface area (Å²) >= 11 is 11.8. The third kappa shape index (κ3) is 2.09. The van der Waals surface area contributed by atoms with Crippen molar-refractivity contribution in [1.29, 1.82) is 0 Å². The van der Waals surface area contributed by atoms with Gasteiger partial charge in [0, 0.05) is 5.69 Å². The van der Waals surface area contributed by atoms with E-state index in [2.05, 4.69) is 4.98 Å². The fourth-order valence-corrected chi connectivity index (χ4v) is 2.43. The monoisotopic (exact) mass is 294 g/mol. The molecule has 2 nitrogen and oxygen atoms in total. The highest BCUT2D eigenvalue weighted by Gasteiger charge is 2.12. The molecule has 0 amide bonds. The van der Waals surface area contributed by atoms with Gasteiger partial charge in [-0.25, -0.2) is 9.37 Å². The SMILES string of the molecule is Fc1ccc(-n2c(CCl)nc3ccccc32)cc1Cl. The van der Waals surface area contributed by atoms with Crippen molar-refractivity contribution in [1.82, 2.24) is 9.55 Å². The second-order valence-corrected chi connectivity index (χ2v) is 4.76. The Balaban J connectivity index is 2.31. The molecule has 5 heteroatoms. The van der Waals surface area contributed by atoms with Crippen LogP contribution < -0.4 is 0 Å². The Morgan fingerprint density at radius 3 is 2.68 bits per heavy atom. The van der Waals surface area contributed by atoms with Gasteiger partial charge in [-0.3, -0.25) is 4.57 Å². The number of hydrogen-bond donors (Lipinski definition) is 0. The van der Waals surface area contributed by atoms with E-state index >= 15 is 0 Å². The lowest BCUT2D eigenvalue weighted by molar-refractivity contribution is 0.628. The molecule has 1 aromatic heterocycles. The highest BCUT2D eigenvalue weighted by Crippen LogP contribution is 2.25. The summed E-state index contributed by atoms with van der Waals surface area (Å²) in [4.78, 5) is 4.45. The standard InChI is InChI=1S/C14H9Cl2FN2/c15-8-14-18-12-3-1-2-4-13(12)19(14)9-5-6-11(17)10(16)7-9/h1-7H,8H2. The summed E-state index contributed by atoms with van der Waals surface area (Å²) < 4.78 is 15.1. The maximum atomic E-state index is 13.3. The molecule has 19 heavy (non-hydrogen) atoms. The number of hydrogen-bond acceptors (Lipinski definition) is 1. The summed E-state index contributed by atoms with van der Waals surface area (Å²) in [5.74, 6) is 0.525. The van der Waals surface area contributed by atoms with E-state index in [4.69, 9.17) is 23.2 Å². The number of benzene rings is 2. The number of rotatable bonds is 2. The van der Waals surface area contributed by atoms with E-state index in [1.54, 1.807) is 12.1 Å². The molecule has 0 N–H and O–H groups in total. The maximum Gasteiger partial charge on any atom is 0.141 e. The molecule has 0 bridgehead atoms. The van der Waals surface area contributed by atoms with Crippen LogP contribution in [0.5, 0.6) is 0 Å². The summed E-state index contributed by atoms with van der Waals surface area (Å²) in [5, 5.41) is 0.0794. The quantitative estimate of drug-likeness (QED) is 0.634. The third-order valence-electron chi connectivity index (χ3n) is 2.91. The number of nitrogens with zero attached hydrogens (tertiary/aromatic N) is 2. The van der Waals surface area contributed by atoms with E-state index in [0.717, 1.165) is 16.7 Å². The first-order valence-electron chi connectivity index (χ1n) is 5.68. The molecule has 0 atom stereocenters. The number of para-hydroxylation sites is 2. The molecule has 96 valence electrons. The molecule has 3 aromatic rings. The largest absolute Gasteiger partial charge is 0.295 e. The molecule has 0 aliphatic carbocycles. The molecule has 2 aromatic carbocycles. The molecule has 0 radical (unpaired) electrons. The van der Waals surface area contributed by atoms with Gasteiger partial charge in [0.05, 0.1) is 21.9 Å². The number of fused-ring (bicyclic) bond motifs is 1. The van der Waals surface area contributed by atoms with Gasteiger partial charge in [-0.05, 0) is 30.3 Å². The fraction of sp³-hybridized carbons (Fsp3) is 0.0714. The molecule has 1 heterocycles. The van der Waals surface area contributed by atoms with Gasteiger partial charge in [0.1, 0.15) is 11.6 Å². The minimum Gasteiger partial charge on any atom is -0.295 e. The van der Waals surface area contributed by atoms with E-state index in [1.165, 1.54) is 6.07 Å². The van der Waals surface area contributed by atoms with Gasteiger partial charge < -0.3 is 0 Å². The van der Waals surface area contributed by atoms with E-state index in [0.29, 0.717) is 5.82 Å². The van der Waals surface area contributed by atoms with Crippen LogP contribution in [-0.4, -0.2) is 9.55 Å². The van der Waals surface area contributed by atoms with Crippen molar-refractivity contribution in [3.8, 4) is 5.69 Å². The highest BCUT2D eigenvalue weighted by atomic mass is 35.5. The van der Waals surface area contributed by atoms with Crippen LogP contribution in [0.1, 0.15) is 5.82 Å². The van der Waals surface area contributed by atoms with Gasteiger partial charge >= 0.3 is 0 Å². The van der Waals surface area contributed by atoms with Crippen LogP contribution in [0.25, 0.3) is 16.7 Å². The Hall–Kier alpha value is -1.58. The smallest absolute Gasteiger partial charge is 0.141 e. The molecule has 0 saturated carbocycles. The van der Waals surface area contributed by atoms with Crippen LogP contribution in [-0.2, 0) is 5.88 Å². The molecule has 3 rings (SSSR count).